The van der Waals surface area contributed by atoms with Gasteiger partial charge in [-0.25, -0.2) is 8.42 Å². The molecule has 0 saturated carbocycles. The Morgan fingerprint density at radius 1 is 0.769 bits per heavy atom. The van der Waals surface area contributed by atoms with E-state index in [1.165, 1.54) is 4.31 Å². The normalized spacial score (nSPS) is 11.3. The van der Waals surface area contributed by atoms with Gasteiger partial charge in [0.25, 0.3) is 10.0 Å². The van der Waals surface area contributed by atoms with Crippen LogP contribution in [0.25, 0.3) is 0 Å². The molecule has 0 bridgehead atoms. The fourth-order valence-corrected chi connectivity index (χ4v) is 4.52. The fraction of sp³-hybridized carbons (Fsp3) is 0.182. The predicted molar refractivity (Wildman–Crippen MR) is 107 cm³/mol. The van der Waals surface area contributed by atoms with E-state index in [1.54, 1.807) is 24.3 Å². The third kappa shape index (κ3) is 3.81. The van der Waals surface area contributed by atoms with E-state index in [2.05, 4.69) is 0 Å². The van der Waals surface area contributed by atoms with Crippen LogP contribution in [0.3, 0.4) is 0 Å². The fourth-order valence-electron chi connectivity index (χ4n) is 3.07. The van der Waals surface area contributed by atoms with E-state index in [-0.39, 0.29) is 0 Å². The first-order valence-electron chi connectivity index (χ1n) is 8.58. The SMILES string of the molecule is Cc1cc(C)cc(N(Cc2ccccc2C)S(=O)(=O)c2ccccc2)c1. The third-order valence-electron chi connectivity index (χ3n) is 4.40. The van der Waals surface area contributed by atoms with Gasteiger partial charge in [-0.1, -0.05) is 48.5 Å². The summed E-state index contributed by atoms with van der Waals surface area (Å²) in [5, 5.41) is 0. The molecule has 0 spiro atoms. The molecule has 134 valence electrons. The van der Waals surface area contributed by atoms with Gasteiger partial charge < -0.3 is 0 Å². The van der Waals surface area contributed by atoms with Gasteiger partial charge in [-0.15, -0.1) is 0 Å². The number of rotatable bonds is 5. The molecule has 0 fully saturated rings. The lowest BCUT2D eigenvalue weighted by Gasteiger charge is -2.26. The molecule has 4 heteroatoms. The lowest BCUT2D eigenvalue weighted by Crippen LogP contribution is -2.31. The Balaban J connectivity index is 2.14. The Hall–Kier alpha value is -2.59. The lowest BCUT2D eigenvalue weighted by molar-refractivity contribution is 0.590. The van der Waals surface area contributed by atoms with Gasteiger partial charge in [0.1, 0.15) is 0 Å². The molecule has 3 nitrogen and oxygen atoms in total. The number of anilines is 1. The number of nitrogens with zero attached hydrogens (tertiary/aromatic N) is 1. The molecule has 0 radical (unpaired) electrons. The molecule has 0 N–H and O–H groups in total. The van der Waals surface area contributed by atoms with E-state index < -0.39 is 10.0 Å². The van der Waals surface area contributed by atoms with Crippen molar-refractivity contribution in [2.45, 2.75) is 32.2 Å². The largest absolute Gasteiger partial charge is 0.264 e. The van der Waals surface area contributed by atoms with Crippen LogP contribution in [-0.2, 0) is 16.6 Å². The predicted octanol–water partition coefficient (Wildman–Crippen LogP) is 5.01. The van der Waals surface area contributed by atoms with Gasteiger partial charge in [0.15, 0.2) is 0 Å². The summed E-state index contributed by atoms with van der Waals surface area (Å²) >= 11 is 0. The number of hydrogen-bond donors (Lipinski definition) is 0. The average Bonchev–Trinajstić information content (AvgIpc) is 2.60. The van der Waals surface area contributed by atoms with E-state index >= 15 is 0 Å². The van der Waals surface area contributed by atoms with E-state index in [4.69, 9.17) is 0 Å². The summed E-state index contributed by atoms with van der Waals surface area (Å²) in [5.41, 5.74) is 4.84. The zero-order valence-electron chi connectivity index (χ0n) is 15.3. The topological polar surface area (TPSA) is 37.4 Å². The van der Waals surface area contributed by atoms with Gasteiger partial charge in [0.2, 0.25) is 0 Å². The molecular weight excluding hydrogens is 342 g/mol. The molecule has 0 heterocycles. The summed E-state index contributed by atoms with van der Waals surface area (Å²) in [6.07, 6.45) is 0. The first kappa shape index (κ1) is 18.2. The number of aryl methyl sites for hydroxylation is 3. The van der Waals surface area contributed by atoms with Crippen LogP contribution in [0.4, 0.5) is 5.69 Å². The molecule has 26 heavy (non-hydrogen) atoms. The van der Waals surface area contributed by atoms with Crippen molar-refractivity contribution in [3.05, 3.63) is 95.1 Å². The zero-order valence-corrected chi connectivity index (χ0v) is 16.1. The van der Waals surface area contributed by atoms with Crippen molar-refractivity contribution in [2.24, 2.45) is 0 Å². The molecule has 0 aliphatic heterocycles. The minimum atomic E-state index is -3.67. The van der Waals surface area contributed by atoms with Crippen molar-refractivity contribution < 1.29 is 8.42 Å². The summed E-state index contributed by atoms with van der Waals surface area (Å²) in [5.74, 6) is 0. The van der Waals surface area contributed by atoms with E-state index in [0.29, 0.717) is 17.1 Å². The number of sulfonamides is 1. The van der Waals surface area contributed by atoms with Gasteiger partial charge in [-0.3, -0.25) is 4.31 Å². The minimum absolute atomic E-state index is 0.298. The quantitative estimate of drug-likeness (QED) is 0.637. The van der Waals surface area contributed by atoms with Crippen molar-refractivity contribution in [3.63, 3.8) is 0 Å². The second-order valence-electron chi connectivity index (χ2n) is 6.60. The molecule has 3 rings (SSSR count). The summed E-state index contributed by atoms with van der Waals surface area (Å²) in [6, 6.07) is 22.4. The van der Waals surface area contributed by atoms with Crippen LogP contribution in [0, 0.1) is 20.8 Å². The monoisotopic (exact) mass is 365 g/mol. The molecule has 0 aliphatic carbocycles. The van der Waals surface area contributed by atoms with Crippen LogP contribution >= 0.6 is 0 Å². The van der Waals surface area contributed by atoms with E-state index in [9.17, 15) is 8.42 Å². The summed E-state index contributed by atoms with van der Waals surface area (Å²) in [7, 11) is -3.67. The van der Waals surface area contributed by atoms with Crippen molar-refractivity contribution in [1.82, 2.24) is 0 Å². The van der Waals surface area contributed by atoms with Crippen molar-refractivity contribution in [1.29, 1.82) is 0 Å². The maximum absolute atomic E-state index is 13.4. The van der Waals surface area contributed by atoms with Gasteiger partial charge in [-0.2, -0.15) is 0 Å². The second-order valence-corrected chi connectivity index (χ2v) is 8.46. The van der Waals surface area contributed by atoms with Crippen LogP contribution in [0.1, 0.15) is 22.3 Å². The van der Waals surface area contributed by atoms with Gasteiger partial charge in [0.05, 0.1) is 17.1 Å². The maximum atomic E-state index is 13.4. The molecule has 0 unspecified atom stereocenters. The van der Waals surface area contributed by atoms with Gasteiger partial charge in [-0.05, 0) is 67.3 Å². The Morgan fingerprint density at radius 3 is 1.96 bits per heavy atom. The first-order valence-corrected chi connectivity index (χ1v) is 10.0. The zero-order chi connectivity index (χ0) is 18.7. The highest BCUT2D eigenvalue weighted by Crippen LogP contribution is 2.28. The van der Waals surface area contributed by atoms with Gasteiger partial charge in [0, 0.05) is 0 Å². The standard InChI is InChI=1S/C22H23NO2S/c1-17-13-18(2)15-21(14-17)23(16-20-10-8-7-9-19(20)3)26(24,25)22-11-5-4-6-12-22/h4-15H,16H2,1-3H3. The summed E-state index contributed by atoms with van der Waals surface area (Å²) in [6.45, 7) is 6.27. The highest BCUT2D eigenvalue weighted by Gasteiger charge is 2.25. The van der Waals surface area contributed by atoms with Gasteiger partial charge >= 0.3 is 0 Å². The van der Waals surface area contributed by atoms with Crippen LogP contribution in [-0.4, -0.2) is 8.42 Å². The lowest BCUT2D eigenvalue weighted by atomic mass is 10.1. The number of benzene rings is 3. The second kappa shape index (κ2) is 7.34. The molecule has 0 atom stereocenters. The smallest absolute Gasteiger partial charge is 0.262 e. The van der Waals surface area contributed by atoms with Crippen LogP contribution in [0.15, 0.2) is 77.7 Å². The molecule has 0 aromatic heterocycles. The first-order chi connectivity index (χ1) is 12.4. The summed E-state index contributed by atoms with van der Waals surface area (Å²) < 4.78 is 28.3. The van der Waals surface area contributed by atoms with E-state index in [1.807, 2.05) is 69.3 Å². The van der Waals surface area contributed by atoms with Crippen LogP contribution in [0.2, 0.25) is 0 Å². The van der Waals surface area contributed by atoms with Crippen LogP contribution < -0.4 is 4.31 Å². The van der Waals surface area contributed by atoms with Crippen molar-refractivity contribution >= 4 is 15.7 Å². The molecule has 3 aromatic carbocycles. The molecule has 3 aromatic rings. The Kier molecular flexibility index (Phi) is 5.14. The Bertz CT molecular complexity index is 991. The molecule has 0 aliphatic rings. The van der Waals surface area contributed by atoms with Crippen molar-refractivity contribution in [3.8, 4) is 0 Å². The third-order valence-corrected chi connectivity index (χ3v) is 6.19. The summed E-state index contributed by atoms with van der Waals surface area (Å²) in [4.78, 5) is 0.299. The highest BCUT2D eigenvalue weighted by atomic mass is 32.2. The Labute approximate surface area is 156 Å². The average molecular weight is 365 g/mol. The van der Waals surface area contributed by atoms with Crippen LogP contribution in [0.5, 0.6) is 0 Å². The highest BCUT2D eigenvalue weighted by molar-refractivity contribution is 7.92. The molecular formula is C22H23NO2S. The van der Waals surface area contributed by atoms with Crippen molar-refractivity contribution in [2.75, 3.05) is 4.31 Å². The Morgan fingerprint density at radius 2 is 1.35 bits per heavy atom. The minimum Gasteiger partial charge on any atom is -0.262 e. The van der Waals surface area contributed by atoms with E-state index in [0.717, 1.165) is 22.3 Å². The number of hydrogen-bond acceptors (Lipinski definition) is 2. The molecule has 0 saturated heterocycles. The molecule has 0 amide bonds. The maximum Gasteiger partial charge on any atom is 0.264 e.